The van der Waals surface area contributed by atoms with Gasteiger partial charge in [-0.05, 0) is 32.4 Å². The Bertz CT molecular complexity index is 1140. The molecule has 3 heterocycles. The second-order valence-corrected chi connectivity index (χ2v) is 10.5. The number of nitrogens with zero attached hydrogens (tertiary/aromatic N) is 3. The van der Waals surface area contributed by atoms with Gasteiger partial charge in [-0.25, -0.2) is 18.4 Å². The Labute approximate surface area is 167 Å². The van der Waals surface area contributed by atoms with E-state index in [-0.39, 0.29) is 23.5 Å². The molecule has 1 aliphatic rings. The molecular weight excluding hydrogens is 398 g/mol. The van der Waals surface area contributed by atoms with E-state index in [0.717, 1.165) is 16.5 Å². The van der Waals surface area contributed by atoms with Gasteiger partial charge in [0.2, 0.25) is 5.91 Å². The van der Waals surface area contributed by atoms with Crippen LogP contribution in [0.3, 0.4) is 0 Å². The molecule has 0 radical (unpaired) electrons. The van der Waals surface area contributed by atoms with E-state index in [1.165, 1.54) is 18.1 Å². The standard InChI is InChI=1S/C19H21N3O4S2/c1-3-22(13-8-9-28(24,25)10-13)19(23)12(2)27-18-17-16(20-11-21-18)14-6-4-5-7-15(14)26-17/h4-7,11-13H,3,8-10H2,1-2H3/t12-,13+/m0/s1. The quantitative estimate of drug-likeness (QED) is 0.464. The number of hydrogen-bond donors (Lipinski definition) is 0. The molecule has 9 heteroatoms. The molecule has 1 fully saturated rings. The summed E-state index contributed by atoms with van der Waals surface area (Å²) in [6.45, 7) is 4.17. The lowest BCUT2D eigenvalue weighted by Crippen LogP contribution is -2.44. The lowest BCUT2D eigenvalue weighted by Gasteiger charge is -2.29. The van der Waals surface area contributed by atoms with Crippen molar-refractivity contribution in [1.29, 1.82) is 0 Å². The topological polar surface area (TPSA) is 93.4 Å². The van der Waals surface area contributed by atoms with Gasteiger partial charge in [0.25, 0.3) is 0 Å². The summed E-state index contributed by atoms with van der Waals surface area (Å²) in [7, 11) is -3.05. The molecule has 0 bridgehead atoms. The van der Waals surface area contributed by atoms with Gasteiger partial charge in [0, 0.05) is 18.0 Å². The molecule has 28 heavy (non-hydrogen) atoms. The molecule has 2 atom stereocenters. The zero-order valence-electron chi connectivity index (χ0n) is 15.7. The van der Waals surface area contributed by atoms with Gasteiger partial charge in [-0.1, -0.05) is 23.9 Å². The van der Waals surface area contributed by atoms with Crippen LogP contribution in [0.5, 0.6) is 0 Å². The molecule has 1 aliphatic heterocycles. The van der Waals surface area contributed by atoms with E-state index in [1.54, 1.807) is 4.90 Å². The summed E-state index contributed by atoms with van der Waals surface area (Å²) in [4.78, 5) is 23.4. The van der Waals surface area contributed by atoms with Crippen molar-refractivity contribution in [3.05, 3.63) is 30.6 Å². The largest absolute Gasteiger partial charge is 0.451 e. The van der Waals surface area contributed by atoms with Gasteiger partial charge in [-0.3, -0.25) is 4.79 Å². The van der Waals surface area contributed by atoms with Gasteiger partial charge in [0.1, 0.15) is 22.5 Å². The van der Waals surface area contributed by atoms with Crippen LogP contribution >= 0.6 is 11.8 Å². The Balaban J connectivity index is 1.59. The van der Waals surface area contributed by atoms with Crippen molar-refractivity contribution < 1.29 is 17.6 Å². The van der Waals surface area contributed by atoms with E-state index >= 15 is 0 Å². The fourth-order valence-corrected chi connectivity index (χ4v) is 6.31. The Morgan fingerprint density at radius 3 is 2.86 bits per heavy atom. The maximum Gasteiger partial charge on any atom is 0.236 e. The van der Waals surface area contributed by atoms with Crippen molar-refractivity contribution in [2.45, 2.75) is 36.6 Å². The predicted octanol–water partition coefficient (Wildman–Crippen LogP) is 2.89. The number of aromatic nitrogens is 2. The molecule has 1 amide bonds. The van der Waals surface area contributed by atoms with Crippen LogP contribution in [0.25, 0.3) is 22.1 Å². The monoisotopic (exact) mass is 419 g/mol. The third kappa shape index (κ3) is 3.48. The Morgan fingerprint density at radius 2 is 2.14 bits per heavy atom. The summed E-state index contributed by atoms with van der Waals surface area (Å²) in [6, 6.07) is 7.39. The molecule has 0 unspecified atom stereocenters. The van der Waals surface area contributed by atoms with E-state index in [9.17, 15) is 13.2 Å². The summed E-state index contributed by atoms with van der Waals surface area (Å²) in [5.74, 6) is 0.109. The first kappa shape index (κ1) is 19.2. The number of fused-ring (bicyclic) bond motifs is 3. The van der Waals surface area contributed by atoms with Crippen molar-refractivity contribution in [1.82, 2.24) is 14.9 Å². The highest BCUT2D eigenvalue weighted by atomic mass is 32.2. The van der Waals surface area contributed by atoms with Crippen LogP contribution in [0.2, 0.25) is 0 Å². The summed E-state index contributed by atoms with van der Waals surface area (Å²) < 4.78 is 29.5. The van der Waals surface area contributed by atoms with E-state index < -0.39 is 15.1 Å². The van der Waals surface area contributed by atoms with Crippen molar-refractivity contribution >= 4 is 49.6 Å². The molecule has 0 spiro atoms. The van der Waals surface area contributed by atoms with Crippen molar-refractivity contribution in [3.8, 4) is 0 Å². The van der Waals surface area contributed by atoms with Gasteiger partial charge < -0.3 is 9.32 Å². The molecular formula is C19H21N3O4S2. The number of amides is 1. The Morgan fingerprint density at radius 1 is 1.36 bits per heavy atom. The molecule has 2 aromatic heterocycles. The molecule has 0 aliphatic carbocycles. The van der Waals surface area contributed by atoms with E-state index in [0.29, 0.717) is 23.6 Å². The van der Waals surface area contributed by atoms with Crippen molar-refractivity contribution in [2.75, 3.05) is 18.1 Å². The number of carbonyl (C=O) groups excluding carboxylic acids is 1. The van der Waals surface area contributed by atoms with Gasteiger partial charge in [0.15, 0.2) is 15.4 Å². The zero-order chi connectivity index (χ0) is 19.9. The highest BCUT2D eigenvalue weighted by molar-refractivity contribution is 8.00. The van der Waals surface area contributed by atoms with Crippen LogP contribution in [-0.2, 0) is 14.6 Å². The molecule has 4 rings (SSSR count). The number of furan rings is 1. The maximum atomic E-state index is 13.0. The lowest BCUT2D eigenvalue weighted by atomic mass is 10.2. The summed E-state index contributed by atoms with van der Waals surface area (Å²) in [6.07, 6.45) is 1.98. The van der Waals surface area contributed by atoms with Gasteiger partial charge in [-0.15, -0.1) is 0 Å². The van der Waals surface area contributed by atoms with Gasteiger partial charge in [0.05, 0.1) is 16.8 Å². The minimum atomic E-state index is -3.05. The predicted molar refractivity (Wildman–Crippen MR) is 109 cm³/mol. The summed E-state index contributed by atoms with van der Waals surface area (Å²) in [5.41, 5.74) is 2.02. The van der Waals surface area contributed by atoms with Crippen LogP contribution in [0.4, 0.5) is 0 Å². The van der Waals surface area contributed by atoms with Gasteiger partial charge in [-0.2, -0.15) is 0 Å². The van der Waals surface area contributed by atoms with Crippen LogP contribution in [0.15, 0.2) is 40.0 Å². The number of para-hydroxylation sites is 1. The fourth-order valence-electron chi connectivity index (χ4n) is 3.65. The molecule has 0 saturated carbocycles. The second kappa shape index (κ2) is 7.36. The van der Waals surface area contributed by atoms with E-state index in [4.69, 9.17) is 4.42 Å². The molecule has 0 N–H and O–H groups in total. The average Bonchev–Trinajstić information content (AvgIpc) is 3.23. The number of thioether (sulfide) groups is 1. The van der Waals surface area contributed by atoms with Crippen LogP contribution < -0.4 is 0 Å². The summed E-state index contributed by atoms with van der Waals surface area (Å²) >= 11 is 1.31. The van der Waals surface area contributed by atoms with Crippen LogP contribution in [0.1, 0.15) is 20.3 Å². The molecule has 7 nitrogen and oxygen atoms in total. The number of carbonyl (C=O) groups is 1. The third-order valence-electron chi connectivity index (χ3n) is 5.03. The lowest BCUT2D eigenvalue weighted by molar-refractivity contribution is -0.131. The molecule has 148 valence electrons. The first-order valence-corrected chi connectivity index (χ1v) is 11.9. The van der Waals surface area contributed by atoms with Crippen LogP contribution in [-0.4, -0.2) is 58.5 Å². The first-order valence-electron chi connectivity index (χ1n) is 9.19. The minimum absolute atomic E-state index is 0.0469. The highest BCUT2D eigenvalue weighted by Gasteiger charge is 2.35. The zero-order valence-corrected chi connectivity index (χ0v) is 17.3. The number of hydrogen-bond acceptors (Lipinski definition) is 7. The number of benzene rings is 1. The maximum absolute atomic E-state index is 13.0. The fraction of sp³-hybridized carbons (Fsp3) is 0.421. The normalized spacial score (nSPS) is 19.9. The first-order chi connectivity index (χ1) is 13.4. The highest BCUT2D eigenvalue weighted by Crippen LogP contribution is 2.34. The minimum Gasteiger partial charge on any atom is -0.451 e. The Kier molecular flexibility index (Phi) is 5.05. The second-order valence-electron chi connectivity index (χ2n) is 6.90. The summed E-state index contributed by atoms with van der Waals surface area (Å²) in [5, 5.41) is 1.10. The van der Waals surface area contributed by atoms with Crippen LogP contribution in [0, 0.1) is 0 Å². The molecule has 1 saturated heterocycles. The molecule has 1 aromatic carbocycles. The average molecular weight is 420 g/mol. The van der Waals surface area contributed by atoms with Crippen molar-refractivity contribution in [2.24, 2.45) is 0 Å². The van der Waals surface area contributed by atoms with Gasteiger partial charge >= 0.3 is 0 Å². The van der Waals surface area contributed by atoms with E-state index in [1.807, 2.05) is 38.1 Å². The SMILES string of the molecule is CCN(C(=O)[C@H](C)Sc1ncnc2c1oc1ccccc12)[C@@H]1CCS(=O)(=O)C1. The smallest absolute Gasteiger partial charge is 0.236 e. The third-order valence-corrected chi connectivity index (χ3v) is 7.85. The van der Waals surface area contributed by atoms with E-state index in [2.05, 4.69) is 9.97 Å². The Hall–Kier alpha value is -2.13. The molecule has 3 aromatic rings. The van der Waals surface area contributed by atoms with Crippen molar-refractivity contribution in [3.63, 3.8) is 0 Å². The number of sulfone groups is 1. The number of rotatable bonds is 5.